The van der Waals surface area contributed by atoms with Crippen LogP contribution in [0.4, 0.5) is 0 Å². The van der Waals surface area contributed by atoms with Gasteiger partial charge >= 0.3 is 5.97 Å². The van der Waals surface area contributed by atoms with Crippen LogP contribution >= 0.6 is 0 Å². The molecule has 0 amide bonds. The fraction of sp³-hybridized carbons (Fsp3) is 0.846. The van der Waals surface area contributed by atoms with E-state index < -0.39 is 5.41 Å². The zero-order valence-corrected chi connectivity index (χ0v) is 10.5. The minimum atomic E-state index is -0.848. The molecule has 0 N–H and O–H groups in total. The Balaban J connectivity index is 2.73. The molecule has 3 nitrogen and oxygen atoms in total. The maximum Gasteiger partial charge on any atom is 0.326 e. The minimum absolute atomic E-state index is 0.216. The van der Waals surface area contributed by atoms with Crippen molar-refractivity contribution < 1.29 is 9.53 Å². The average molecular weight is 223 g/mol. The molecule has 0 aliphatic heterocycles. The molecule has 0 saturated heterocycles. The molecule has 0 atom stereocenters. The summed E-state index contributed by atoms with van der Waals surface area (Å²) in [7, 11) is 1.36. The Hall–Kier alpha value is -1.04. The van der Waals surface area contributed by atoms with Crippen LogP contribution in [0.25, 0.3) is 0 Å². The average Bonchev–Trinajstić information content (AvgIpc) is 2.24. The highest BCUT2D eigenvalue weighted by atomic mass is 16.5. The van der Waals surface area contributed by atoms with Crippen molar-refractivity contribution in [2.45, 2.75) is 52.4 Å². The van der Waals surface area contributed by atoms with Crippen LogP contribution in [0.2, 0.25) is 0 Å². The van der Waals surface area contributed by atoms with Gasteiger partial charge in [0.15, 0.2) is 5.41 Å². The first-order chi connectivity index (χ1) is 7.58. The van der Waals surface area contributed by atoms with E-state index in [0.29, 0.717) is 12.8 Å². The summed E-state index contributed by atoms with van der Waals surface area (Å²) in [5.74, 6) is -0.349. The van der Waals surface area contributed by atoms with Gasteiger partial charge in [0.25, 0.3) is 0 Å². The van der Waals surface area contributed by atoms with E-state index in [1.54, 1.807) is 0 Å². The first-order valence-electron chi connectivity index (χ1n) is 6.08. The first kappa shape index (κ1) is 13.0. The van der Waals surface area contributed by atoms with Crippen molar-refractivity contribution in [2.75, 3.05) is 7.11 Å². The molecule has 0 spiro atoms. The summed E-state index contributed by atoms with van der Waals surface area (Å²) in [5.41, 5.74) is -0.632. The molecule has 1 rings (SSSR count). The number of carbonyl (C=O) groups is 1. The Morgan fingerprint density at radius 2 is 1.81 bits per heavy atom. The van der Waals surface area contributed by atoms with E-state index in [2.05, 4.69) is 19.9 Å². The highest BCUT2D eigenvalue weighted by Gasteiger charge is 2.59. The molecule has 3 heteroatoms. The number of rotatable bonds is 5. The maximum atomic E-state index is 11.6. The van der Waals surface area contributed by atoms with Gasteiger partial charge in [-0.05, 0) is 31.1 Å². The van der Waals surface area contributed by atoms with E-state index in [-0.39, 0.29) is 11.4 Å². The predicted octanol–water partition coefficient (Wildman–Crippen LogP) is 3.05. The van der Waals surface area contributed by atoms with E-state index in [1.165, 1.54) is 7.11 Å². The van der Waals surface area contributed by atoms with Gasteiger partial charge < -0.3 is 4.74 Å². The quantitative estimate of drug-likeness (QED) is 0.673. The van der Waals surface area contributed by atoms with E-state index in [1.807, 2.05) is 0 Å². The van der Waals surface area contributed by atoms with Gasteiger partial charge in [-0.3, -0.25) is 4.79 Å². The topological polar surface area (TPSA) is 50.1 Å². The summed E-state index contributed by atoms with van der Waals surface area (Å²) in [6.07, 6.45) is 5.82. The molecule has 1 aliphatic rings. The SMILES string of the molecule is CCCC1(CCC)CC(C#N)(C(=O)OC)C1. The Morgan fingerprint density at radius 3 is 2.12 bits per heavy atom. The van der Waals surface area contributed by atoms with Crippen molar-refractivity contribution in [1.82, 2.24) is 0 Å². The van der Waals surface area contributed by atoms with E-state index in [0.717, 1.165) is 25.7 Å². The lowest BCUT2D eigenvalue weighted by molar-refractivity contribution is -0.163. The summed E-state index contributed by atoms with van der Waals surface area (Å²) < 4.78 is 4.74. The van der Waals surface area contributed by atoms with Crippen LogP contribution in [-0.2, 0) is 9.53 Å². The second kappa shape index (κ2) is 4.86. The Morgan fingerprint density at radius 1 is 1.31 bits per heavy atom. The summed E-state index contributed by atoms with van der Waals surface area (Å²) in [4.78, 5) is 11.6. The van der Waals surface area contributed by atoms with Crippen molar-refractivity contribution in [3.63, 3.8) is 0 Å². The standard InChI is InChI=1S/C13H21NO2/c1-4-6-12(7-5-2)8-13(9-12,10-14)11(15)16-3/h4-9H2,1-3H3. The number of carbonyl (C=O) groups excluding carboxylic acids is 1. The molecule has 0 bridgehead atoms. The molecule has 0 aromatic carbocycles. The highest BCUT2D eigenvalue weighted by Crippen LogP contribution is 2.59. The molecule has 0 heterocycles. The molecule has 0 unspecified atom stereocenters. The van der Waals surface area contributed by atoms with Crippen molar-refractivity contribution in [3.8, 4) is 6.07 Å². The predicted molar refractivity (Wildman–Crippen MR) is 61.5 cm³/mol. The van der Waals surface area contributed by atoms with Crippen LogP contribution in [0, 0.1) is 22.2 Å². The van der Waals surface area contributed by atoms with Crippen LogP contribution in [0.5, 0.6) is 0 Å². The van der Waals surface area contributed by atoms with E-state index >= 15 is 0 Å². The maximum absolute atomic E-state index is 11.6. The lowest BCUT2D eigenvalue weighted by Gasteiger charge is -2.51. The molecule has 0 radical (unpaired) electrons. The van der Waals surface area contributed by atoms with Crippen LogP contribution < -0.4 is 0 Å². The molecule has 0 aromatic heterocycles. The Labute approximate surface area is 97.8 Å². The molecule has 1 saturated carbocycles. The number of hydrogen-bond donors (Lipinski definition) is 0. The zero-order chi connectivity index (χ0) is 12.2. The van der Waals surface area contributed by atoms with Crippen molar-refractivity contribution >= 4 is 5.97 Å². The molecule has 90 valence electrons. The number of nitrogens with zero attached hydrogens (tertiary/aromatic N) is 1. The summed E-state index contributed by atoms with van der Waals surface area (Å²) in [6.45, 7) is 4.31. The van der Waals surface area contributed by atoms with E-state index in [9.17, 15) is 4.79 Å². The van der Waals surface area contributed by atoms with Gasteiger partial charge in [-0.15, -0.1) is 0 Å². The number of esters is 1. The molecule has 16 heavy (non-hydrogen) atoms. The van der Waals surface area contributed by atoms with Gasteiger partial charge in [0, 0.05) is 0 Å². The normalized spacial score (nSPS) is 20.6. The third-order valence-electron chi connectivity index (χ3n) is 3.70. The lowest BCUT2D eigenvalue weighted by atomic mass is 9.50. The number of methoxy groups -OCH3 is 1. The third-order valence-corrected chi connectivity index (χ3v) is 3.70. The van der Waals surface area contributed by atoms with Gasteiger partial charge in [-0.25, -0.2) is 0 Å². The molecular weight excluding hydrogens is 202 g/mol. The van der Waals surface area contributed by atoms with E-state index in [4.69, 9.17) is 10.00 Å². The molecule has 1 fully saturated rings. The van der Waals surface area contributed by atoms with Crippen LogP contribution in [0.15, 0.2) is 0 Å². The Kier molecular flexibility index (Phi) is 3.96. The number of hydrogen-bond acceptors (Lipinski definition) is 3. The molecule has 0 aromatic rings. The van der Waals surface area contributed by atoms with Crippen LogP contribution in [0.1, 0.15) is 52.4 Å². The van der Waals surface area contributed by atoms with Gasteiger partial charge in [-0.2, -0.15) is 5.26 Å². The molecular formula is C13H21NO2. The van der Waals surface area contributed by atoms with Crippen molar-refractivity contribution in [3.05, 3.63) is 0 Å². The third kappa shape index (κ3) is 2.07. The highest BCUT2D eigenvalue weighted by molar-refractivity contribution is 5.81. The summed E-state index contributed by atoms with van der Waals surface area (Å²) >= 11 is 0. The first-order valence-corrected chi connectivity index (χ1v) is 6.08. The lowest BCUT2D eigenvalue weighted by Crippen LogP contribution is -2.50. The van der Waals surface area contributed by atoms with Crippen LogP contribution in [0.3, 0.4) is 0 Å². The minimum Gasteiger partial charge on any atom is -0.468 e. The monoisotopic (exact) mass is 223 g/mol. The zero-order valence-electron chi connectivity index (χ0n) is 10.5. The van der Waals surface area contributed by atoms with Gasteiger partial charge in [0.05, 0.1) is 13.2 Å². The van der Waals surface area contributed by atoms with Gasteiger partial charge in [-0.1, -0.05) is 26.7 Å². The van der Waals surface area contributed by atoms with Crippen LogP contribution in [-0.4, -0.2) is 13.1 Å². The summed E-state index contributed by atoms with van der Waals surface area (Å²) in [6, 6.07) is 2.16. The molecule has 1 aliphatic carbocycles. The number of nitriles is 1. The fourth-order valence-corrected chi connectivity index (χ4v) is 3.23. The second-order valence-corrected chi connectivity index (χ2v) is 5.04. The second-order valence-electron chi connectivity index (χ2n) is 5.04. The van der Waals surface area contributed by atoms with Crippen molar-refractivity contribution in [1.29, 1.82) is 5.26 Å². The largest absolute Gasteiger partial charge is 0.468 e. The summed E-state index contributed by atoms with van der Waals surface area (Å²) in [5, 5.41) is 9.16. The Bertz CT molecular complexity index is 290. The van der Waals surface area contributed by atoms with Gasteiger partial charge in [0.1, 0.15) is 0 Å². The smallest absolute Gasteiger partial charge is 0.326 e. The number of ether oxygens (including phenoxy) is 1. The fourth-order valence-electron chi connectivity index (χ4n) is 3.23. The van der Waals surface area contributed by atoms with Gasteiger partial charge in [0.2, 0.25) is 0 Å². The van der Waals surface area contributed by atoms with Crippen molar-refractivity contribution in [2.24, 2.45) is 10.8 Å².